The Balaban J connectivity index is 1.55. The molecule has 0 atom stereocenters. The third-order valence-electron chi connectivity index (χ3n) is 4.88. The van der Waals surface area contributed by atoms with E-state index in [2.05, 4.69) is 10.4 Å². The van der Waals surface area contributed by atoms with E-state index in [1.165, 1.54) is 11.1 Å². The minimum atomic E-state index is -0.422. The molecule has 30 heavy (non-hydrogen) atoms. The highest BCUT2D eigenvalue weighted by Crippen LogP contribution is 2.16. The summed E-state index contributed by atoms with van der Waals surface area (Å²) in [6.07, 6.45) is 2.51. The van der Waals surface area contributed by atoms with Crippen LogP contribution in [0.5, 0.6) is 0 Å². The molecule has 0 bridgehead atoms. The molecule has 3 rings (SSSR count). The summed E-state index contributed by atoms with van der Waals surface area (Å²) in [5.41, 5.74) is 2.23. The van der Waals surface area contributed by atoms with E-state index in [1.54, 1.807) is 42.8 Å². The number of hydrogen-bond donors (Lipinski definition) is 1. The van der Waals surface area contributed by atoms with Crippen molar-refractivity contribution in [1.82, 2.24) is 20.0 Å². The van der Waals surface area contributed by atoms with Gasteiger partial charge in [-0.2, -0.15) is 5.10 Å². The molecule has 0 unspecified atom stereocenters. The molecule has 3 amide bonds. The molecule has 0 aliphatic carbocycles. The molecule has 1 saturated heterocycles. The normalized spacial score (nSPS) is 13.6. The Kier molecular flexibility index (Phi) is 6.61. The number of rotatable bonds is 8. The Morgan fingerprint density at radius 3 is 2.43 bits per heavy atom. The number of aromatic nitrogens is 2. The summed E-state index contributed by atoms with van der Waals surface area (Å²) in [7, 11) is 0. The molecule has 1 N–H and O–H groups in total. The van der Waals surface area contributed by atoms with Gasteiger partial charge >= 0.3 is 5.97 Å². The number of ether oxygens (including phenoxy) is 1. The van der Waals surface area contributed by atoms with Crippen molar-refractivity contribution >= 4 is 23.7 Å². The monoisotopic (exact) mass is 412 g/mol. The number of esters is 1. The van der Waals surface area contributed by atoms with Gasteiger partial charge < -0.3 is 10.1 Å². The second-order valence-electron chi connectivity index (χ2n) is 6.87. The van der Waals surface area contributed by atoms with Crippen molar-refractivity contribution in [2.45, 2.75) is 33.1 Å². The van der Waals surface area contributed by atoms with Gasteiger partial charge in [-0.05, 0) is 44.5 Å². The summed E-state index contributed by atoms with van der Waals surface area (Å²) in [6.45, 7) is 4.48. The first-order chi connectivity index (χ1) is 14.4. The van der Waals surface area contributed by atoms with Gasteiger partial charge in [0.1, 0.15) is 5.56 Å². The van der Waals surface area contributed by atoms with Gasteiger partial charge in [-0.25, -0.2) is 9.48 Å². The summed E-state index contributed by atoms with van der Waals surface area (Å²) >= 11 is 0. The molecule has 2 heterocycles. The first-order valence-corrected chi connectivity index (χ1v) is 9.86. The molecule has 1 aliphatic heterocycles. The third kappa shape index (κ3) is 4.56. The maximum atomic E-state index is 12.3. The molecule has 2 aromatic rings. The molecule has 1 fully saturated rings. The summed E-state index contributed by atoms with van der Waals surface area (Å²) in [5.74, 6) is -0.969. The molecule has 158 valence electrons. The van der Waals surface area contributed by atoms with Crippen molar-refractivity contribution in [3.63, 3.8) is 0 Å². The van der Waals surface area contributed by atoms with Gasteiger partial charge in [-0.3, -0.25) is 19.3 Å². The van der Waals surface area contributed by atoms with Gasteiger partial charge in [0, 0.05) is 31.5 Å². The fourth-order valence-electron chi connectivity index (χ4n) is 3.25. The van der Waals surface area contributed by atoms with E-state index in [-0.39, 0.29) is 37.2 Å². The Morgan fingerprint density at radius 2 is 1.80 bits per heavy atom. The van der Waals surface area contributed by atoms with Crippen LogP contribution in [0.2, 0.25) is 0 Å². The van der Waals surface area contributed by atoms with Gasteiger partial charge in [0.2, 0.25) is 11.8 Å². The molecule has 9 nitrogen and oxygen atoms in total. The van der Waals surface area contributed by atoms with Gasteiger partial charge in [-0.1, -0.05) is 0 Å². The number of nitrogens with zero attached hydrogens (tertiary/aromatic N) is 3. The Hall–Kier alpha value is -3.49. The van der Waals surface area contributed by atoms with Crippen LogP contribution >= 0.6 is 0 Å². The van der Waals surface area contributed by atoms with Crippen LogP contribution in [0.1, 0.15) is 52.6 Å². The molecule has 0 spiro atoms. The van der Waals surface area contributed by atoms with Crippen molar-refractivity contribution in [3.8, 4) is 5.69 Å². The second kappa shape index (κ2) is 9.34. The van der Waals surface area contributed by atoms with E-state index in [4.69, 9.17) is 4.74 Å². The van der Waals surface area contributed by atoms with E-state index in [9.17, 15) is 19.2 Å². The predicted octanol–water partition coefficient (Wildman–Crippen LogP) is 1.63. The zero-order valence-electron chi connectivity index (χ0n) is 17.0. The Labute approximate surface area is 174 Å². The molecule has 0 saturated carbocycles. The molecule has 1 aromatic heterocycles. The van der Waals surface area contributed by atoms with E-state index >= 15 is 0 Å². The fraction of sp³-hybridized carbons (Fsp3) is 0.381. The molecule has 0 radical (unpaired) electrons. The summed E-state index contributed by atoms with van der Waals surface area (Å²) < 4.78 is 6.62. The number of benzene rings is 1. The summed E-state index contributed by atoms with van der Waals surface area (Å²) in [5, 5.41) is 7.01. The maximum absolute atomic E-state index is 12.3. The van der Waals surface area contributed by atoms with E-state index in [0.29, 0.717) is 42.0 Å². The first kappa shape index (κ1) is 21.2. The van der Waals surface area contributed by atoms with Gasteiger partial charge in [0.15, 0.2) is 0 Å². The topological polar surface area (TPSA) is 111 Å². The number of nitrogens with one attached hydrogen (secondary N) is 1. The van der Waals surface area contributed by atoms with Crippen molar-refractivity contribution in [2.24, 2.45) is 0 Å². The Bertz CT molecular complexity index is 948. The predicted molar refractivity (Wildman–Crippen MR) is 107 cm³/mol. The van der Waals surface area contributed by atoms with Crippen LogP contribution in [0.3, 0.4) is 0 Å². The average Bonchev–Trinajstić information content (AvgIpc) is 3.27. The van der Waals surface area contributed by atoms with Crippen LogP contribution in [0.25, 0.3) is 5.69 Å². The molecule has 9 heteroatoms. The zero-order chi connectivity index (χ0) is 21.7. The van der Waals surface area contributed by atoms with Crippen molar-refractivity contribution in [1.29, 1.82) is 0 Å². The number of amides is 3. The van der Waals surface area contributed by atoms with Gasteiger partial charge in [0.25, 0.3) is 5.91 Å². The zero-order valence-corrected chi connectivity index (χ0v) is 17.0. The third-order valence-corrected chi connectivity index (χ3v) is 4.88. The minimum absolute atomic E-state index is 0.151. The van der Waals surface area contributed by atoms with Crippen LogP contribution in [-0.4, -0.2) is 58.1 Å². The minimum Gasteiger partial charge on any atom is -0.462 e. The lowest BCUT2D eigenvalue weighted by molar-refractivity contribution is -0.138. The van der Waals surface area contributed by atoms with E-state index in [1.807, 2.05) is 0 Å². The number of hydrogen-bond acceptors (Lipinski definition) is 6. The number of carbonyl (C=O) groups excluding carboxylic acids is 4. The van der Waals surface area contributed by atoms with Crippen LogP contribution in [0.4, 0.5) is 0 Å². The van der Waals surface area contributed by atoms with Gasteiger partial charge in [0.05, 0.1) is 24.2 Å². The highest BCUT2D eigenvalue weighted by Gasteiger charge is 2.27. The van der Waals surface area contributed by atoms with Crippen LogP contribution < -0.4 is 5.32 Å². The van der Waals surface area contributed by atoms with Crippen LogP contribution in [-0.2, 0) is 14.3 Å². The molecule has 1 aromatic carbocycles. The average molecular weight is 412 g/mol. The second-order valence-corrected chi connectivity index (χ2v) is 6.87. The molecular formula is C21H24N4O5. The van der Waals surface area contributed by atoms with E-state index < -0.39 is 5.97 Å². The maximum Gasteiger partial charge on any atom is 0.341 e. The lowest BCUT2D eigenvalue weighted by atomic mass is 10.2. The van der Waals surface area contributed by atoms with Crippen LogP contribution in [0, 0.1) is 6.92 Å². The molecule has 1 aliphatic rings. The highest BCUT2D eigenvalue weighted by molar-refractivity contribution is 6.01. The Morgan fingerprint density at radius 1 is 1.13 bits per heavy atom. The standard InChI is InChI=1S/C21H24N4O5/c1-3-30-21(29)17-13-23-25(14(17)2)16-7-5-15(6-8-16)20(28)22-11-4-12-24-18(26)9-10-19(24)27/h5-8,13H,3-4,9-12H2,1-2H3,(H,22,28). The van der Waals surface area contributed by atoms with Crippen LogP contribution in [0.15, 0.2) is 30.5 Å². The summed E-state index contributed by atoms with van der Waals surface area (Å²) in [6, 6.07) is 6.82. The number of imide groups is 1. The van der Waals surface area contributed by atoms with Gasteiger partial charge in [-0.15, -0.1) is 0 Å². The first-order valence-electron chi connectivity index (χ1n) is 9.86. The number of likely N-dealkylation sites (tertiary alicyclic amines) is 1. The van der Waals surface area contributed by atoms with Crippen molar-refractivity contribution in [2.75, 3.05) is 19.7 Å². The van der Waals surface area contributed by atoms with Crippen molar-refractivity contribution < 1.29 is 23.9 Å². The largest absolute Gasteiger partial charge is 0.462 e. The van der Waals surface area contributed by atoms with Crippen molar-refractivity contribution in [3.05, 3.63) is 47.3 Å². The lowest BCUT2D eigenvalue weighted by Gasteiger charge is -2.13. The quantitative estimate of drug-likeness (QED) is 0.401. The highest BCUT2D eigenvalue weighted by atomic mass is 16.5. The van der Waals surface area contributed by atoms with E-state index in [0.717, 1.165) is 0 Å². The SMILES string of the molecule is CCOC(=O)c1cnn(-c2ccc(C(=O)NCCCN3C(=O)CCC3=O)cc2)c1C. The summed E-state index contributed by atoms with van der Waals surface area (Å²) in [4.78, 5) is 48.6. The molecular weight excluding hydrogens is 388 g/mol. The smallest absolute Gasteiger partial charge is 0.341 e. The fourth-order valence-corrected chi connectivity index (χ4v) is 3.25. The number of carbonyl (C=O) groups is 4. The lowest BCUT2D eigenvalue weighted by Crippen LogP contribution is -2.33.